The van der Waals surface area contributed by atoms with Crippen LogP contribution in [0.3, 0.4) is 0 Å². The maximum Gasteiger partial charge on any atom is 0.264 e. The number of nitrogens with one attached hydrogen (secondary N) is 1. The number of carbonyl (C=O) groups excluding carboxylic acids is 2. The zero-order valence-electron chi connectivity index (χ0n) is 26.7. The molecule has 45 heavy (non-hydrogen) atoms. The van der Waals surface area contributed by atoms with Crippen LogP contribution in [0.4, 0.5) is 5.69 Å². The summed E-state index contributed by atoms with van der Waals surface area (Å²) in [6.45, 7) is 9.41. The Morgan fingerprint density at radius 1 is 0.778 bits per heavy atom. The highest BCUT2D eigenvalue weighted by Gasteiger charge is 2.35. The monoisotopic (exact) mass is 625 g/mol. The number of anilines is 1. The van der Waals surface area contributed by atoms with Crippen molar-refractivity contribution >= 4 is 27.5 Å². The van der Waals surface area contributed by atoms with Crippen LogP contribution < -0.4 is 9.62 Å². The van der Waals surface area contributed by atoms with Crippen molar-refractivity contribution in [1.82, 2.24) is 10.2 Å². The zero-order valence-corrected chi connectivity index (χ0v) is 27.6. The van der Waals surface area contributed by atoms with E-state index in [1.807, 2.05) is 95.3 Å². The maximum atomic E-state index is 14.6. The molecule has 8 heteroatoms. The quantitative estimate of drug-likeness (QED) is 0.187. The van der Waals surface area contributed by atoms with Gasteiger partial charge in [-0.3, -0.25) is 13.9 Å². The maximum absolute atomic E-state index is 14.6. The van der Waals surface area contributed by atoms with Crippen molar-refractivity contribution in [2.75, 3.05) is 10.8 Å². The SMILES string of the molecule is CCC(C)NC(=O)C(Cc1ccccc1)N(Cc1cccc(C)c1)C(=O)CN(c1ccc(C)c(C)c1)S(=O)(=O)c1ccccc1. The van der Waals surface area contributed by atoms with E-state index in [0.29, 0.717) is 5.69 Å². The van der Waals surface area contributed by atoms with Crippen LogP contribution in [0.5, 0.6) is 0 Å². The zero-order chi connectivity index (χ0) is 32.6. The summed E-state index contributed by atoms with van der Waals surface area (Å²) in [7, 11) is -4.13. The summed E-state index contributed by atoms with van der Waals surface area (Å²) in [6, 6.07) is 29.9. The van der Waals surface area contributed by atoms with E-state index in [-0.39, 0.29) is 29.8 Å². The largest absolute Gasteiger partial charge is 0.352 e. The average Bonchev–Trinajstić information content (AvgIpc) is 3.03. The predicted octanol–water partition coefficient (Wildman–Crippen LogP) is 6.36. The van der Waals surface area contributed by atoms with E-state index >= 15 is 0 Å². The van der Waals surface area contributed by atoms with Gasteiger partial charge < -0.3 is 10.2 Å². The summed E-state index contributed by atoms with van der Waals surface area (Å²) in [5.74, 6) is -0.757. The van der Waals surface area contributed by atoms with Gasteiger partial charge in [-0.2, -0.15) is 0 Å². The summed E-state index contributed by atoms with van der Waals surface area (Å²) in [5, 5.41) is 3.07. The minimum atomic E-state index is -4.13. The smallest absolute Gasteiger partial charge is 0.264 e. The lowest BCUT2D eigenvalue weighted by Gasteiger charge is -2.34. The normalized spacial score (nSPS) is 12.6. The van der Waals surface area contributed by atoms with Gasteiger partial charge in [0.1, 0.15) is 12.6 Å². The van der Waals surface area contributed by atoms with E-state index in [0.717, 1.165) is 38.5 Å². The second-order valence-electron chi connectivity index (χ2n) is 11.6. The van der Waals surface area contributed by atoms with Crippen molar-refractivity contribution in [3.05, 3.63) is 131 Å². The number of hydrogen-bond acceptors (Lipinski definition) is 4. The van der Waals surface area contributed by atoms with Gasteiger partial charge in [-0.05, 0) is 80.6 Å². The molecule has 4 rings (SSSR count). The van der Waals surface area contributed by atoms with Gasteiger partial charge in [0.15, 0.2) is 0 Å². The first-order valence-corrected chi connectivity index (χ1v) is 16.8. The first kappa shape index (κ1) is 33.5. The molecule has 2 atom stereocenters. The van der Waals surface area contributed by atoms with Gasteiger partial charge in [-0.15, -0.1) is 0 Å². The van der Waals surface area contributed by atoms with Crippen molar-refractivity contribution in [2.24, 2.45) is 0 Å². The topological polar surface area (TPSA) is 86.8 Å². The van der Waals surface area contributed by atoms with Crippen molar-refractivity contribution in [3.63, 3.8) is 0 Å². The molecule has 236 valence electrons. The summed E-state index contributed by atoms with van der Waals surface area (Å²) in [5.41, 5.74) is 5.06. The lowest BCUT2D eigenvalue weighted by atomic mass is 10.0. The molecule has 0 bridgehead atoms. The lowest BCUT2D eigenvalue weighted by molar-refractivity contribution is -0.140. The Kier molecular flexibility index (Phi) is 11.2. The van der Waals surface area contributed by atoms with Crippen LogP contribution in [0, 0.1) is 20.8 Å². The van der Waals surface area contributed by atoms with E-state index < -0.39 is 28.5 Å². The van der Waals surface area contributed by atoms with Gasteiger partial charge in [-0.1, -0.05) is 91.3 Å². The number of carbonyl (C=O) groups is 2. The highest BCUT2D eigenvalue weighted by atomic mass is 32.2. The Morgan fingerprint density at radius 2 is 1.42 bits per heavy atom. The van der Waals surface area contributed by atoms with Gasteiger partial charge in [0.25, 0.3) is 10.0 Å². The molecule has 1 N–H and O–H groups in total. The number of benzene rings is 4. The third-order valence-electron chi connectivity index (χ3n) is 8.10. The molecule has 4 aromatic rings. The highest BCUT2D eigenvalue weighted by molar-refractivity contribution is 7.92. The van der Waals surface area contributed by atoms with Crippen molar-refractivity contribution in [1.29, 1.82) is 0 Å². The first-order chi connectivity index (χ1) is 21.5. The fraction of sp³-hybridized carbons (Fsp3) is 0.297. The van der Waals surface area contributed by atoms with Gasteiger partial charge in [0.2, 0.25) is 11.8 Å². The predicted molar refractivity (Wildman–Crippen MR) is 180 cm³/mol. The second-order valence-corrected chi connectivity index (χ2v) is 13.5. The van der Waals surface area contributed by atoms with Crippen LogP contribution in [-0.2, 0) is 32.6 Å². The van der Waals surface area contributed by atoms with Crippen LogP contribution in [0.2, 0.25) is 0 Å². The van der Waals surface area contributed by atoms with Crippen LogP contribution >= 0.6 is 0 Å². The Morgan fingerprint density at radius 3 is 2.04 bits per heavy atom. The number of hydrogen-bond donors (Lipinski definition) is 1. The van der Waals surface area contributed by atoms with Crippen LogP contribution in [0.1, 0.15) is 48.1 Å². The molecule has 0 aliphatic heterocycles. The van der Waals surface area contributed by atoms with E-state index in [4.69, 9.17) is 0 Å². The van der Waals surface area contributed by atoms with Crippen molar-refractivity contribution in [3.8, 4) is 0 Å². The third kappa shape index (κ3) is 8.60. The van der Waals surface area contributed by atoms with Gasteiger partial charge in [0.05, 0.1) is 10.6 Å². The Bertz CT molecular complexity index is 1710. The Balaban J connectivity index is 1.82. The molecule has 0 saturated heterocycles. The molecule has 2 unspecified atom stereocenters. The van der Waals surface area contributed by atoms with Crippen LogP contribution in [-0.4, -0.2) is 43.8 Å². The Hall–Kier alpha value is -4.43. The molecule has 0 radical (unpaired) electrons. The van der Waals surface area contributed by atoms with Gasteiger partial charge in [-0.25, -0.2) is 8.42 Å². The number of aryl methyl sites for hydroxylation is 3. The van der Waals surface area contributed by atoms with E-state index in [2.05, 4.69) is 5.32 Å². The number of sulfonamides is 1. The molecule has 7 nitrogen and oxygen atoms in total. The number of rotatable bonds is 13. The van der Waals surface area contributed by atoms with E-state index in [9.17, 15) is 18.0 Å². The fourth-order valence-electron chi connectivity index (χ4n) is 5.13. The van der Waals surface area contributed by atoms with Gasteiger partial charge in [0, 0.05) is 19.0 Å². The lowest BCUT2D eigenvalue weighted by Crippen LogP contribution is -2.54. The van der Waals surface area contributed by atoms with Crippen molar-refractivity contribution < 1.29 is 18.0 Å². The Labute approximate surface area is 268 Å². The summed E-state index contributed by atoms with van der Waals surface area (Å²) in [4.78, 5) is 30.1. The standard InChI is InChI=1S/C37H43N3O4S/c1-6-30(5)38-37(42)35(24-31-15-9-7-10-16-31)39(25-32-17-13-14-27(2)22-32)36(41)26-40(33-21-20-28(3)29(4)23-33)45(43,44)34-18-11-8-12-19-34/h7-23,30,35H,6,24-26H2,1-5H3,(H,38,42). The molecular formula is C37H43N3O4S. The molecule has 0 saturated carbocycles. The average molecular weight is 626 g/mol. The molecule has 0 aromatic heterocycles. The molecule has 0 aliphatic carbocycles. The summed E-state index contributed by atoms with van der Waals surface area (Å²) >= 11 is 0. The third-order valence-corrected chi connectivity index (χ3v) is 9.88. The highest BCUT2D eigenvalue weighted by Crippen LogP contribution is 2.27. The molecule has 0 spiro atoms. The molecule has 0 heterocycles. The first-order valence-electron chi connectivity index (χ1n) is 15.3. The number of amides is 2. The summed E-state index contributed by atoms with van der Waals surface area (Å²) in [6.07, 6.45) is 1.00. The summed E-state index contributed by atoms with van der Waals surface area (Å²) < 4.78 is 29.4. The number of nitrogens with zero attached hydrogens (tertiary/aromatic N) is 2. The second kappa shape index (κ2) is 15.0. The molecule has 4 aromatic carbocycles. The van der Waals surface area contributed by atoms with E-state index in [1.165, 1.54) is 17.0 Å². The molecule has 0 fully saturated rings. The van der Waals surface area contributed by atoms with E-state index in [1.54, 1.807) is 30.3 Å². The van der Waals surface area contributed by atoms with Crippen LogP contribution in [0.25, 0.3) is 0 Å². The molecule has 2 amide bonds. The molecular weight excluding hydrogens is 582 g/mol. The van der Waals surface area contributed by atoms with Crippen molar-refractivity contribution in [2.45, 2.75) is 71.0 Å². The minimum absolute atomic E-state index is 0.0802. The molecule has 0 aliphatic rings. The van der Waals surface area contributed by atoms with Crippen LogP contribution in [0.15, 0.2) is 108 Å². The minimum Gasteiger partial charge on any atom is -0.352 e. The van der Waals surface area contributed by atoms with Gasteiger partial charge >= 0.3 is 0 Å². The fourth-order valence-corrected chi connectivity index (χ4v) is 6.56.